The molecule has 1 saturated carbocycles. The summed E-state index contributed by atoms with van der Waals surface area (Å²) in [6.07, 6.45) is 5.58. The third-order valence-electron chi connectivity index (χ3n) is 4.76. The predicted octanol–water partition coefficient (Wildman–Crippen LogP) is 2.82. The van der Waals surface area contributed by atoms with Crippen LogP contribution in [0.1, 0.15) is 31.2 Å². The molecule has 21 heavy (non-hydrogen) atoms. The molecule has 1 aromatic carbocycles. The molecule has 1 saturated heterocycles. The summed E-state index contributed by atoms with van der Waals surface area (Å²) < 4.78 is 5.34. The summed E-state index contributed by atoms with van der Waals surface area (Å²) in [7, 11) is 1.70. The number of nitrogens with zero attached hydrogens (tertiary/aromatic N) is 1. The molecule has 2 bridgehead atoms. The lowest BCUT2D eigenvalue weighted by Crippen LogP contribution is -2.44. The normalized spacial score (nSPS) is 23.4. The van der Waals surface area contributed by atoms with Crippen LogP contribution in [0.25, 0.3) is 0 Å². The van der Waals surface area contributed by atoms with Crippen LogP contribution in [0.15, 0.2) is 24.3 Å². The Morgan fingerprint density at radius 1 is 1.38 bits per heavy atom. The Labute approximate surface area is 126 Å². The van der Waals surface area contributed by atoms with Crippen LogP contribution in [-0.2, 0) is 6.42 Å². The summed E-state index contributed by atoms with van der Waals surface area (Å²) >= 11 is 0. The predicted molar refractivity (Wildman–Crippen MR) is 82.5 cm³/mol. The van der Waals surface area contributed by atoms with Crippen LogP contribution in [0.3, 0.4) is 0 Å². The second kappa shape index (κ2) is 6.37. The molecule has 0 radical (unpaired) electrons. The quantitative estimate of drug-likeness (QED) is 0.847. The molecular weight excluding hydrogens is 264 g/mol. The van der Waals surface area contributed by atoms with Crippen molar-refractivity contribution >= 4 is 6.03 Å². The van der Waals surface area contributed by atoms with Crippen molar-refractivity contribution in [2.75, 3.05) is 20.2 Å². The molecule has 1 aromatic rings. The van der Waals surface area contributed by atoms with Gasteiger partial charge in [0.15, 0.2) is 0 Å². The average Bonchev–Trinajstić information content (AvgIpc) is 3.14. The fourth-order valence-corrected chi connectivity index (χ4v) is 3.66. The fourth-order valence-electron chi connectivity index (χ4n) is 3.66. The molecule has 1 N–H and O–H groups in total. The molecule has 2 amide bonds. The fraction of sp³-hybridized carbons (Fsp3) is 0.588. The van der Waals surface area contributed by atoms with Gasteiger partial charge in [0.25, 0.3) is 0 Å². The lowest BCUT2D eigenvalue weighted by molar-refractivity contribution is 0.181. The Morgan fingerprint density at radius 3 is 2.95 bits per heavy atom. The SMILES string of the molecule is COc1ccccc1CCCNC(=O)N1C[C@H]2CC[C@H]1C2. The van der Waals surface area contributed by atoms with E-state index >= 15 is 0 Å². The van der Waals surface area contributed by atoms with Crippen LogP contribution in [0.2, 0.25) is 0 Å². The highest BCUT2D eigenvalue weighted by atomic mass is 16.5. The summed E-state index contributed by atoms with van der Waals surface area (Å²) in [4.78, 5) is 14.2. The number of urea groups is 1. The molecule has 2 atom stereocenters. The number of likely N-dealkylation sites (tertiary alicyclic amines) is 1. The summed E-state index contributed by atoms with van der Waals surface area (Å²) in [6.45, 7) is 1.69. The van der Waals surface area contributed by atoms with Crippen LogP contribution in [-0.4, -0.2) is 37.2 Å². The molecular formula is C17H24N2O2. The lowest BCUT2D eigenvalue weighted by atomic mass is 10.1. The van der Waals surface area contributed by atoms with E-state index in [4.69, 9.17) is 4.74 Å². The number of para-hydroxylation sites is 1. The zero-order valence-electron chi connectivity index (χ0n) is 12.7. The molecule has 0 aromatic heterocycles. The molecule has 2 fully saturated rings. The van der Waals surface area contributed by atoms with Gasteiger partial charge in [0.2, 0.25) is 0 Å². The Hall–Kier alpha value is -1.71. The highest BCUT2D eigenvalue weighted by Crippen LogP contribution is 2.37. The second-order valence-corrected chi connectivity index (χ2v) is 6.13. The topological polar surface area (TPSA) is 41.6 Å². The standard InChI is InChI=1S/C17H24N2O2/c1-21-16-7-3-2-5-14(16)6-4-10-18-17(20)19-12-13-8-9-15(19)11-13/h2-3,5,7,13,15H,4,6,8-12H2,1H3,(H,18,20)/t13-,15-/m0/s1. The zero-order valence-corrected chi connectivity index (χ0v) is 12.7. The van der Waals surface area contributed by atoms with Gasteiger partial charge in [-0.1, -0.05) is 18.2 Å². The number of amides is 2. The van der Waals surface area contributed by atoms with Gasteiger partial charge in [-0.25, -0.2) is 4.79 Å². The number of ether oxygens (including phenoxy) is 1. The van der Waals surface area contributed by atoms with Crippen molar-refractivity contribution in [3.8, 4) is 5.75 Å². The van der Waals surface area contributed by atoms with Crippen LogP contribution >= 0.6 is 0 Å². The Kier molecular flexibility index (Phi) is 4.32. The van der Waals surface area contributed by atoms with Gasteiger partial charge in [0.1, 0.15) is 5.75 Å². The van der Waals surface area contributed by atoms with Gasteiger partial charge in [0, 0.05) is 19.1 Å². The van der Waals surface area contributed by atoms with Gasteiger partial charge in [-0.05, 0) is 49.7 Å². The van der Waals surface area contributed by atoms with Crippen LogP contribution in [0.4, 0.5) is 4.79 Å². The van der Waals surface area contributed by atoms with E-state index in [1.165, 1.54) is 24.8 Å². The number of rotatable bonds is 5. The number of piperidine rings is 1. The number of hydrogen-bond donors (Lipinski definition) is 1. The van der Waals surface area contributed by atoms with Gasteiger partial charge in [-0.3, -0.25) is 0 Å². The van der Waals surface area contributed by atoms with E-state index in [2.05, 4.69) is 11.4 Å². The van der Waals surface area contributed by atoms with Gasteiger partial charge < -0.3 is 15.0 Å². The van der Waals surface area contributed by atoms with E-state index in [1.54, 1.807) is 7.11 Å². The maximum atomic E-state index is 12.2. The first-order chi connectivity index (χ1) is 10.3. The van der Waals surface area contributed by atoms with E-state index in [1.807, 2.05) is 23.1 Å². The summed E-state index contributed by atoms with van der Waals surface area (Å²) in [5, 5.41) is 3.06. The van der Waals surface area contributed by atoms with E-state index < -0.39 is 0 Å². The second-order valence-electron chi connectivity index (χ2n) is 6.13. The third kappa shape index (κ3) is 3.14. The van der Waals surface area contributed by atoms with E-state index in [0.717, 1.165) is 37.6 Å². The Balaban J connectivity index is 1.41. The monoisotopic (exact) mass is 288 g/mol. The molecule has 1 aliphatic carbocycles. The van der Waals surface area contributed by atoms with Crippen molar-refractivity contribution in [1.29, 1.82) is 0 Å². The molecule has 2 aliphatic rings. The van der Waals surface area contributed by atoms with Crippen molar-refractivity contribution in [2.24, 2.45) is 5.92 Å². The van der Waals surface area contributed by atoms with E-state index in [-0.39, 0.29) is 6.03 Å². The minimum absolute atomic E-state index is 0.127. The first-order valence-electron chi connectivity index (χ1n) is 7.94. The van der Waals surface area contributed by atoms with Crippen molar-refractivity contribution in [1.82, 2.24) is 10.2 Å². The maximum Gasteiger partial charge on any atom is 0.317 e. The third-order valence-corrected chi connectivity index (χ3v) is 4.76. The molecule has 0 unspecified atom stereocenters. The van der Waals surface area contributed by atoms with E-state index in [9.17, 15) is 4.79 Å². The molecule has 3 rings (SSSR count). The van der Waals surface area contributed by atoms with Gasteiger partial charge >= 0.3 is 6.03 Å². The summed E-state index contributed by atoms with van der Waals surface area (Å²) in [5.74, 6) is 1.69. The number of nitrogens with one attached hydrogen (secondary N) is 1. The largest absolute Gasteiger partial charge is 0.496 e. The summed E-state index contributed by atoms with van der Waals surface area (Å²) in [5.41, 5.74) is 1.20. The minimum Gasteiger partial charge on any atom is -0.496 e. The van der Waals surface area contributed by atoms with Crippen molar-refractivity contribution in [2.45, 2.75) is 38.1 Å². The minimum atomic E-state index is 0.127. The number of fused-ring (bicyclic) bond motifs is 2. The molecule has 0 spiro atoms. The number of carbonyl (C=O) groups is 1. The molecule has 4 nitrogen and oxygen atoms in total. The molecule has 4 heteroatoms. The van der Waals surface area contributed by atoms with Crippen LogP contribution in [0, 0.1) is 5.92 Å². The average molecular weight is 288 g/mol. The number of aryl methyl sites for hydroxylation is 1. The van der Waals surface area contributed by atoms with Crippen molar-refractivity contribution in [3.05, 3.63) is 29.8 Å². The number of carbonyl (C=O) groups excluding carboxylic acids is 1. The van der Waals surface area contributed by atoms with Crippen LogP contribution < -0.4 is 10.1 Å². The zero-order chi connectivity index (χ0) is 14.7. The first-order valence-corrected chi connectivity index (χ1v) is 7.94. The number of methoxy groups -OCH3 is 1. The Bertz CT molecular complexity index is 503. The van der Waals surface area contributed by atoms with Gasteiger partial charge in [0.05, 0.1) is 7.11 Å². The molecule has 1 heterocycles. The summed E-state index contributed by atoms with van der Waals surface area (Å²) in [6, 6.07) is 8.70. The van der Waals surface area contributed by atoms with Crippen molar-refractivity contribution in [3.63, 3.8) is 0 Å². The number of benzene rings is 1. The Morgan fingerprint density at radius 2 is 2.24 bits per heavy atom. The smallest absolute Gasteiger partial charge is 0.317 e. The number of hydrogen-bond acceptors (Lipinski definition) is 2. The maximum absolute atomic E-state index is 12.2. The van der Waals surface area contributed by atoms with Crippen molar-refractivity contribution < 1.29 is 9.53 Å². The lowest BCUT2D eigenvalue weighted by Gasteiger charge is -2.27. The van der Waals surface area contributed by atoms with Crippen LogP contribution in [0.5, 0.6) is 5.75 Å². The first kappa shape index (κ1) is 14.2. The molecule has 114 valence electrons. The van der Waals surface area contributed by atoms with Gasteiger partial charge in [-0.2, -0.15) is 0 Å². The highest BCUT2D eigenvalue weighted by Gasteiger charge is 2.39. The molecule has 1 aliphatic heterocycles. The van der Waals surface area contributed by atoms with E-state index in [0.29, 0.717) is 6.04 Å². The van der Waals surface area contributed by atoms with Gasteiger partial charge in [-0.15, -0.1) is 0 Å². The highest BCUT2D eigenvalue weighted by molar-refractivity contribution is 5.75.